The lowest BCUT2D eigenvalue weighted by Gasteiger charge is -2.35. The highest BCUT2D eigenvalue weighted by atomic mass is 19.1. The van der Waals surface area contributed by atoms with Gasteiger partial charge in [-0.15, -0.1) is 0 Å². The van der Waals surface area contributed by atoms with Crippen LogP contribution in [0.15, 0.2) is 42.5 Å². The third kappa shape index (κ3) is 3.49. The second-order valence-electron chi connectivity index (χ2n) is 6.51. The number of amides is 1. The van der Waals surface area contributed by atoms with Crippen molar-refractivity contribution >= 4 is 5.91 Å². The van der Waals surface area contributed by atoms with Crippen LogP contribution in [0.5, 0.6) is 0 Å². The first-order chi connectivity index (χ1) is 11.4. The molecule has 3 rings (SSSR count). The Morgan fingerprint density at radius 3 is 2.42 bits per heavy atom. The summed E-state index contributed by atoms with van der Waals surface area (Å²) in [5.41, 5.74) is 2.85. The Morgan fingerprint density at radius 1 is 1.08 bits per heavy atom. The summed E-state index contributed by atoms with van der Waals surface area (Å²) in [6.45, 7) is 6.86. The van der Waals surface area contributed by atoms with Gasteiger partial charge in [0, 0.05) is 18.7 Å². The number of hydrogen-bond acceptors (Lipinski definition) is 2. The van der Waals surface area contributed by atoms with E-state index in [-0.39, 0.29) is 23.9 Å². The van der Waals surface area contributed by atoms with Crippen LogP contribution in [0.2, 0.25) is 0 Å². The molecular weight excluding hydrogens is 305 g/mol. The number of morpholine rings is 1. The summed E-state index contributed by atoms with van der Waals surface area (Å²) in [4.78, 5) is 14.6. The minimum atomic E-state index is -0.236. The molecule has 0 aliphatic carbocycles. The molecule has 0 N–H and O–H groups in total. The standard InChI is InChI=1S/C20H22FNO2/c1-13-7-8-17(10-19(13)21)16-5-4-6-18(9-16)20(23)22-11-14(2)24-15(3)12-22/h4-10,14-15H,11-12H2,1-3H3. The molecule has 2 atom stereocenters. The maximum Gasteiger partial charge on any atom is 0.254 e. The van der Waals surface area contributed by atoms with Crippen LogP contribution in [0.3, 0.4) is 0 Å². The van der Waals surface area contributed by atoms with Crippen molar-refractivity contribution in [2.24, 2.45) is 0 Å². The second kappa shape index (κ2) is 6.73. The van der Waals surface area contributed by atoms with Crippen LogP contribution in [0, 0.1) is 12.7 Å². The SMILES string of the molecule is Cc1ccc(-c2cccc(C(=O)N3CC(C)OC(C)C3)c2)cc1F. The van der Waals surface area contributed by atoms with Gasteiger partial charge in [-0.25, -0.2) is 4.39 Å². The van der Waals surface area contributed by atoms with Crippen molar-refractivity contribution < 1.29 is 13.9 Å². The topological polar surface area (TPSA) is 29.5 Å². The smallest absolute Gasteiger partial charge is 0.254 e. The number of carbonyl (C=O) groups is 1. The van der Waals surface area contributed by atoms with Gasteiger partial charge < -0.3 is 9.64 Å². The van der Waals surface area contributed by atoms with Crippen LogP contribution in [0.4, 0.5) is 4.39 Å². The lowest BCUT2D eigenvalue weighted by atomic mass is 10.0. The van der Waals surface area contributed by atoms with Crippen molar-refractivity contribution in [3.8, 4) is 11.1 Å². The first-order valence-electron chi connectivity index (χ1n) is 8.25. The van der Waals surface area contributed by atoms with Crippen LogP contribution < -0.4 is 0 Å². The largest absolute Gasteiger partial charge is 0.372 e. The van der Waals surface area contributed by atoms with Gasteiger partial charge >= 0.3 is 0 Å². The number of carbonyl (C=O) groups excluding carboxylic acids is 1. The Hall–Kier alpha value is -2.20. The number of nitrogens with zero attached hydrogens (tertiary/aromatic N) is 1. The van der Waals surface area contributed by atoms with E-state index < -0.39 is 0 Å². The van der Waals surface area contributed by atoms with E-state index in [4.69, 9.17) is 4.74 Å². The maximum atomic E-state index is 13.8. The third-order valence-corrected chi connectivity index (χ3v) is 4.32. The van der Waals surface area contributed by atoms with Gasteiger partial charge in [0.05, 0.1) is 12.2 Å². The van der Waals surface area contributed by atoms with Gasteiger partial charge in [-0.1, -0.05) is 24.3 Å². The molecule has 0 spiro atoms. The Morgan fingerprint density at radius 2 is 1.75 bits per heavy atom. The van der Waals surface area contributed by atoms with E-state index >= 15 is 0 Å². The van der Waals surface area contributed by atoms with Crippen molar-refractivity contribution in [3.63, 3.8) is 0 Å². The summed E-state index contributed by atoms with van der Waals surface area (Å²) in [6, 6.07) is 12.5. The Labute approximate surface area is 142 Å². The molecule has 126 valence electrons. The minimum absolute atomic E-state index is 0.00793. The molecule has 0 bridgehead atoms. The van der Waals surface area contributed by atoms with Crippen LogP contribution in [-0.4, -0.2) is 36.1 Å². The molecular formula is C20H22FNO2. The summed E-state index contributed by atoms with van der Waals surface area (Å²) >= 11 is 0. The monoisotopic (exact) mass is 327 g/mol. The normalized spacial score (nSPS) is 20.9. The van der Waals surface area contributed by atoms with Gasteiger partial charge in [-0.05, 0) is 55.7 Å². The van der Waals surface area contributed by atoms with E-state index in [1.807, 2.05) is 43.0 Å². The summed E-state index contributed by atoms with van der Waals surface area (Å²) in [5.74, 6) is -0.244. The first-order valence-corrected chi connectivity index (χ1v) is 8.25. The minimum Gasteiger partial charge on any atom is -0.372 e. The zero-order chi connectivity index (χ0) is 17.3. The average Bonchev–Trinajstić information content (AvgIpc) is 2.56. The highest BCUT2D eigenvalue weighted by Crippen LogP contribution is 2.24. The van der Waals surface area contributed by atoms with Crippen molar-refractivity contribution in [2.45, 2.75) is 33.0 Å². The molecule has 24 heavy (non-hydrogen) atoms. The molecule has 1 amide bonds. The molecule has 1 fully saturated rings. The van der Waals surface area contributed by atoms with Crippen molar-refractivity contribution in [1.29, 1.82) is 0 Å². The van der Waals surface area contributed by atoms with Gasteiger partial charge in [-0.2, -0.15) is 0 Å². The van der Waals surface area contributed by atoms with Gasteiger partial charge in [0.1, 0.15) is 5.82 Å². The summed E-state index contributed by atoms with van der Waals surface area (Å²) in [7, 11) is 0. The lowest BCUT2D eigenvalue weighted by Crippen LogP contribution is -2.48. The maximum absolute atomic E-state index is 13.8. The fourth-order valence-corrected chi connectivity index (χ4v) is 3.13. The molecule has 3 nitrogen and oxygen atoms in total. The van der Waals surface area contributed by atoms with Crippen LogP contribution >= 0.6 is 0 Å². The number of hydrogen-bond donors (Lipinski definition) is 0. The van der Waals surface area contributed by atoms with E-state index in [1.165, 1.54) is 6.07 Å². The van der Waals surface area contributed by atoms with E-state index in [1.54, 1.807) is 19.1 Å². The summed E-state index contributed by atoms with van der Waals surface area (Å²) in [6.07, 6.45) is 0.0687. The fourth-order valence-electron chi connectivity index (χ4n) is 3.13. The van der Waals surface area contributed by atoms with Crippen molar-refractivity contribution in [2.75, 3.05) is 13.1 Å². The molecule has 4 heteroatoms. The van der Waals surface area contributed by atoms with E-state index in [9.17, 15) is 9.18 Å². The molecule has 0 saturated carbocycles. The molecule has 1 heterocycles. The predicted molar refractivity (Wildman–Crippen MR) is 92.5 cm³/mol. The van der Waals surface area contributed by atoms with E-state index in [2.05, 4.69) is 0 Å². The predicted octanol–water partition coefficient (Wildman–Crippen LogP) is 4.05. The molecule has 0 aromatic heterocycles. The highest BCUT2D eigenvalue weighted by molar-refractivity contribution is 5.95. The van der Waals surface area contributed by atoms with Gasteiger partial charge in [0.2, 0.25) is 0 Å². The number of benzene rings is 2. The van der Waals surface area contributed by atoms with Crippen LogP contribution in [-0.2, 0) is 4.74 Å². The zero-order valence-electron chi connectivity index (χ0n) is 14.3. The van der Waals surface area contributed by atoms with Gasteiger partial charge in [-0.3, -0.25) is 4.79 Å². The lowest BCUT2D eigenvalue weighted by molar-refractivity contribution is -0.0586. The van der Waals surface area contributed by atoms with Crippen LogP contribution in [0.1, 0.15) is 29.8 Å². The van der Waals surface area contributed by atoms with Crippen molar-refractivity contribution in [3.05, 3.63) is 59.4 Å². The molecule has 1 saturated heterocycles. The number of halogens is 1. The molecule has 2 unspecified atom stereocenters. The Kier molecular flexibility index (Phi) is 4.67. The summed E-state index contributed by atoms with van der Waals surface area (Å²) in [5, 5.41) is 0. The highest BCUT2D eigenvalue weighted by Gasteiger charge is 2.26. The molecule has 1 aliphatic rings. The van der Waals surface area contributed by atoms with Crippen LogP contribution in [0.25, 0.3) is 11.1 Å². The molecule has 1 aliphatic heterocycles. The molecule has 0 radical (unpaired) electrons. The first kappa shape index (κ1) is 16.7. The van der Waals surface area contributed by atoms with Gasteiger partial charge in [0.25, 0.3) is 5.91 Å². The zero-order valence-corrected chi connectivity index (χ0v) is 14.3. The van der Waals surface area contributed by atoms with E-state index in [0.29, 0.717) is 24.2 Å². The second-order valence-corrected chi connectivity index (χ2v) is 6.51. The number of rotatable bonds is 2. The van der Waals surface area contributed by atoms with E-state index in [0.717, 1.165) is 11.1 Å². The van der Waals surface area contributed by atoms with Crippen molar-refractivity contribution in [1.82, 2.24) is 4.90 Å². The fraction of sp³-hybridized carbons (Fsp3) is 0.350. The quantitative estimate of drug-likeness (QED) is 0.833. The summed E-state index contributed by atoms with van der Waals surface area (Å²) < 4.78 is 19.5. The van der Waals surface area contributed by atoms with Gasteiger partial charge in [0.15, 0.2) is 0 Å². The Bertz CT molecular complexity index is 749. The number of aryl methyl sites for hydroxylation is 1. The number of ether oxygens (including phenoxy) is 1. The third-order valence-electron chi connectivity index (χ3n) is 4.32. The molecule has 2 aromatic rings. The Balaban J connectivity index is 1.87. The average molecular weight is 327 g/mol. The molecule has 2 aromatic carbocycles.